The molecule has 2 rings (SSSR count). The molecule has 0 bridgehead atoms. The van der Waals surface area contributed by atoms with Crippen LogP contribution < -0.4 is 0 Å². The zero-order chi connectivity index (χ0) is 25.0. The van der Waals surface area contributed by atoms with Gasteiger partial charge in [0.1, 0.15) is 4.90 Å². The van der Waals surface area contributed by atoms with Gasteiger partial charge in [-0.2, -0.15) is 8.42 Å². The van der Waals surface area contributed by atoms with Crippen molar-refractivity contribution in [2.45, 2.75) is 134 Å². The average molecular weight is 526 g/mol. The summed E-state index contributed by atoms with van der Waals surface area (Å²) in [6.45, 7) is 2.55. The molecule has 0 N–H and O–H groups in total. The van der Waals surface area contributed by atoms with Gasteiger partial charge in [-0.05, 0) is 17.9 Å². The van der Waals surface area contributed by atoms with Gasteiger partial charge in [-0.1, -0.05) is 159 Å². The molecule has 0 aliphatic rings. The van der Waals surface area contributed by atoms with Crippen LogP contribution >= 0.6 is 0 Å². The van der Waals surface area contributed by atoms with E-state index in [2.05, 4.69) is 6.92 Å². The standard InChI is InChI=1S/C31H50O3S.Na/c1-2-3-4-5-6-7-8-9-10-11-12-13-14-15-16-17-18-19-22-28-34-35(32,33)31-27-23-25-29-24-20-21-26-30(29)31;/h20-21,23-27H,2-19,22,28H2,1H3;. The molecule has 0 amide bonds. The van der Waals surface area contributed by atoms with E-state index in [0.29, 0.717) is 0 Å². The predicted molar refractivity (Wildman–Crippen MR) is 156 cm³/mol. The van der Waals surface area contributed by atoms with Gasteiger partial charge in [0.2, 0.25) is 0 Å². The Hall–Kier alpha value is -0.390. The van der Waals surface area contributed by atoms with E-state index in [1.54, 1.807) is 12.1 Å². The monoisotopic (exact) mass is 525 g/mol. The molecule has 0 heterocycles. The smallest absolute Gasteiger partial charge is 0.266 e. The molecule has 0 aliphatic carbocycles. The topological polar surface area (TPSA) is 43.4 Å². The third-order valence-corrected chi connectivity index (χ3v) is 8.38. The number of fused-ring (bicyclic) bond motifs is 1. The van der Waals surface area contributed by atoms with E-state index in [-0.39, 0.29) is 41.1 Å². The van der Waals surface area contributed by atoms with Crippen molar-refractivity contribution < 1.29 is 12.6 Å². The van der Waals surface area contributed by atoms with Gasteiger partial charge in [-0.3, -0.25) is 4.18 Å². The van der Waals surface area contributed by atoms with Gasteiger partial charge in [0.15, 0.2) is 0 Å². The van der Waals surface area contributed by atoms with Gasteiger partial charge in [0.25, 0.3) is 10.1 Å². The molecule has 0 fully saturated rings. The summed E-state index contributed by atoms with van der Waals surface area (Å²) in [6, 6.07) is 12.9. The van der Waals surface area contributed by atoms with Crippen LogP contribution in [-0.4, -0.2) is 44.6 Å². The van der Waals surface area contributed by atoms with E-state index in [0.717, 1.165) is 30.0 Å². The third-order valence-electron chi connectivity index (χ3n) is 7.01. The summed E-state index contributed by atoms with van der Waals surface area (Å²) in [6.07, 6.45) is 25.2. The SMILES string of the molecule is CCCCCCCCCCCCCCCCCCCCCOS(=O)(=O)c1cccc2ccccc12.[Na]. The first-order valence-electron chi connectivity index (χ1n) is 14.5. The minimum Gasteiger partial charge on any atom is -0.266 e. The maximum atomic E-state index is 12.6. The number of benzene rings is 2. The molecule has 0 unspecified atom stereocenters. The third kappa shape index (κ3) is 14.5. The summed E-state index contributed by atoms with van der Waals surface area (Å²) in [5, 5.41) is 1.64. The Morgan fingerprint density at radius 2 is 0.972 bits per heavy atom. The normalized spacial score (nSPS) is 11.6. The Labute approximate surface area is 244 Å². The van der Waals surface area contributed by atoms with Crippen molar-refractivity contribution in [2.75, 3.05) is 6.61 Å². The molecule has 1 radical (unpaired) electrons. The minimum atomic E-state index is -3.71. The van der Waals surface area contributed by atoms with Crippen LogP contribution in [0.3, 0.4) is 0 Å². The van der Waals surface area contributed by atoms with Gasteiger partial charge < -0.3 is 0 Å². The summed E-state index contributed by atoms with van der Waals surface area (Å²) in [4.78, 5) is 0.272. The molecule has 36 heavy (non-hydrogen) atoms. The maximum Gasteiger partial charge on any atom is 0.297 e. The van der Waals surface area contributed by atoms with Gasteiger partial charge in [-0.15, -0.1) is 0 Å². The summed E-state index contributed by atoms with van der Waals surface area (Å²) < 4.78 is 30.6. The quantitative estimate of drug-likeness (QED) is 0.0873. The first-order chi connectivity index (χ1) is 17.1. The Bertz CT molecular complexity index is 892. The van der Waals surface area contributed by atoms with Gasteiger partial charge in [-0.25, -0.2) is 0 Å². The number of rotatable bonds is 22. The van der Waals surface area contributed by atoms with E-state index in [4.69, 9.17) is 4.18 Å². The van der Waals surface area contributed by atoms with Crippen LogP contribution in [-0.2, 0) is 14.3 Å². The number of unbranched alkanes of at least 4 members (excludes halogenated alkanes) is 18. The van der Waals surface area contributed by atoms with Crippen LogP contribution in [0.2, 0.25) is 0 Å². The summed E-state index contributed by atoms with van der Waals surface area (Å²) >= 11 is 0. The van der Waals surface area contributed by atoms with Crippen molar-refractivity contribution in [1.29, 1.82) is 0 Å². The fourth-order valence-corrected chi connectivity index (χ4v) is 5.99. The fraction of sp³-hybridized carbons (Fsp3) is 0.677. The Morgan fingerprint density at radius 3 is 1.47 bits per heavy atom. The van der Waals surface area contributed by atoms with Crippen molar-refractivity contribution in [1.82, 2.24) is 0 Å². The van der Waals surface area contributed by atoms with E-state index in [1.807, 2.05) is 30.3 Å². The molecule has 0 atom stereocenters. The maximum absolute atomic E-state index is 12.6. The van der Waals surface area contributed by atoms with E-state index >= 15 is 0 Å². The largest absolute Gasteiger partial charge is 0.297 e. The van der Waals surface area contributed by atoms with E-state index in [9.17, 15) is 8.42 Å². The van der Waals surface area contributed by atoms with Crippen molar-refractivity contribution in [3.05, 3.63) is 42.5 Å². The molecule has 199 valence electrons. The molecule has 0 aromatic heterocycles. The van der Waals surface area contributed by atoms with Crippen LogP contribution in [0.15, 0.2) is 47.4 Å². The minimum absolute atomic E-state index is 0. The van der Waals surface area contributed by atoms with Crippen molar-refractivity contribution >= 4 is 50.4 Å². The Morgan fingerprint density at radius 1 is 0.556 bits per heavy atom. The van der Waals surface area contributed by atoms with Crippen LogP contribution in [0.1, 0.15) is 129 Å². The van der Waals surface area contributed by atoms with Crippen LogP contribution in [0.5, 0.6) is 0 Å². The molecule has 5 heteroatoms. The second-order valence-electron chi connectivity index (χ2n) is 10.1. The van der Waals surface area contributed by atoms with Crippen LogP contribution in [0.4, 0.5) is 0 Å². The first-order valence-corrected chi connectivity index (χ1v) is 15.9. The summed E-state index contributed by atoms with van der Waals surface area (Å²) in [5.74, 6) is 0. The Kier molecular flexibility index (Phi) is 20.1. The Balaban J connectivity index is 0.00000648. The molecule has 0 saturated heterocycles. The summed E-state index contributed by atoms with van der Waals surface area (Å²) in [5.41, 5.74) is 0. The van der Waals surface area contributed by atoms with Gasteiger partial charge >= 0.3 is 0 Å². The molecule has 0 spiro atoms. The molecular formula is C31H50NaO3S. The van der Waals surface area contributed by atoms with Gasteiger partial charge in [0.05, 0.1) is 6.61 Å². The number of hydrogen-bond acceptors (Lipinski definition) is 3. The average Bonchev–Trinajstić information content (AvgIpc) is 2.87. The molecule has 2 aromatic rings. The fourth-order valence-electron chi connectivity index (χ4n) is 4.83. The second kappa shape index (κ2) is 21.5. The van der Waals surface area contributed by atoms with Crippen LogP contribution in [0.25, 0.3) is 10.8 Å². The van der Waals surface area contributed by atoms with Crippen molar-refractivity contribution in [3.63, 3.8) is 0 Å². The first kappa shape index (κ1) is 33.6. The molecular weight excluding hydrogens is 475 g/mol. The summed E-state index contributed by atoms with van der Waals surface area (Å²) in [7, 11) is -3.71. The predicted octanol–water partition coefficient (Wildman–Crippen LogP) is 9.60. The molecule has 2 aromatic carbocycles. The van der Waals surface area contributed by atoms with Crippen molar-refractivity contribution in [2.24, 2.45) is 0 Å². The number of hydrogen-bond donors (Lipinski definition) is 0. The molecule has 0 saturated carbocycles. The van der Waals surface area contributed by atoms with E-state index < -0.39 is 10.1 Å². The molecule has 0 aliphatic heterocycles. The second-order valence-corrected chi connectivity index (χ2v) is 11.7. The van der Waals surface area contributed by atoms with E-state index in [1.165, 1.54) is 103 Å². The molecule has 3 nitrogen and oxygen atoms in total. The zero-order valence-electron chi connectivity index (χ0n) is 23.3. The zero-order valence-corrected chi connectivity index (χ0v) is 26.1. The van der Waals surface area contributed by atoms with Gasteiger partial charge in [0, 0.05) is 34.9 Å². The van der Waals surface area contributed by atoms with Crippen LogP contribution in [0, 0.1) is 0 Å². The van der Waals surface area contributed by atoms with Crippen molar-refractivity contribution in [3.8, 4) is 0 Å².